The molecule has 0 aromatic heterocycles. The second-order valence-corrected chi connectivity index (χ2v) is 6.79. The van der Waals surface area contributed by atoms with Gasteiger partial charge in [0.2, 0.25) is 0 Å². The van der Waals surface area contributed by atoms with E-state index in [0.717, 1.165) is 30.0 Å². The number of ether oxygens (including phenoxy) is 2. The standard InChI is InChI=1S/C18H26N2O2.ClH/c1-2-16(19-7-1)15-5-8-20(9-6-15)13-14-3-4-17-18(12-14)22-11-10-21-17;/h3-4,12,15-16,19H,1-2,5-11,13H2;1H. The SMILES string of the molecule is Cl.c1cc2c(cc1CN1CCC(C3CCCN3)CC1)OCCO2. The summed E-state index contributed by atoms with van der Waals surface area (Å²) in [4.78, 5) is 2.58. The lowest BCUT2D eigenvalue weighted by Crippen LogP contribution is -2.40. The molecule has 4 nitrogen and oxygen atoms in total. The van der Waals surface area contributed by atoms with Gasteiger partial charge in [0.15, 0.2) is 11.5 Å². The van der Waals surface area contributed by atoms with Crippen molar-refractivity contribution in [2.75, 3.05) is 32.8 Å². The molecule has 3 aliphatic heterocycles. The zero-order valence-corrected chi connectivity index (χ0v) is 14.4. The van der Waals surface area contributed by atoms with E-state index in [1.807, 2.05) is 0 Å². The van der Waals surface area contributed by atoms with E-state index in [0.29, 0.717) is 13.2 Å². The first kappa shape index (κ1) is 16.9. The van der Waals surface area contributed by atoms with E-state index in [4.69, 9.17) is 9.47 Å². The average molecular weight is 339 g/mol. The number of nitrogens with zero attached hydrogens (tertiary/aromatic N) is 1. The minimum absolute atomic E-state index is 0. The Balaban J connectivity index is 0.00000156. The highest BCUT2D eigenvalue weighted by atomic mass is 35.5. The summed E-state index contributed by atoms with van der Waals surface area (Å²) in [5, 5.41) is 3.68. The second-order valence-electron chi connectivity index (χ2n) is 6.79. The fraction of sp³-hybridized carbons (Fsp3) is 0.667. The van der Waals surface area contributed by atoms with E-state index in [2.05, 4.69) is 28.4 Å². The van der Waals surface area contributed by atoms with Crippen LogP contribution >= 0.6 is 12.4 Å². The molecule has 0 radical (unpaired) electrons. The summed E-state index contributed by atoms with van der Waals surface area (Å²) < 4.78 is 11.3. The molecule has 23 heavy (non-hydrogen) atoms. The lowest BCUT2D eigenvalue weighted by molar-refractivity contribution is 0.155. The third-order valence-corrected chi connectivity index (χ3v) is 5.31. The van der Waals surface area contributed by atoms with Crippen LogP contribution in [-0.2, 0) is 6.54 Å². The van der Waals surface area contributed by atoms with Gasteiger partial charge in [-0.15, -0.1) is 12.4 Å². The number of hydrogen-bond acceptors (Lipinski definition) is 4. The summed E-state index contributed by atoms with van der Waals surface area (Å²) in [5.41, 5.74) is 1.33. The third kappa shape index (κ3) is 3.93. The summed E-state index contributed by atoms with van der Waals surface area (Å²) in [6.45, 7) is 6.02. The molecule has 4 rings (SSSR count). The van der Waals surface area contributed by atoms with Gasteiger partial charge in [0.25, 0.3) is 0 Å². The first-order valence-corrected chi connectivity index (χ1v) is 8.73. The Kier molecular flexibility index (Phi) is 5.67. The van der Waals surface area contributed by atoms with E-state index in [9.17, 15) is 0 Å². The molecule has 3 aliphatic rings. The molecule has 128 valence electrons. The fourth-order valence-corrected chi connectivity index (χ4v) is 4.07. The predicted molar refractivity (Wildman–Crippen MR) is 93.7 cm³/mol. The van der Waals surface area contributed by atoms with E-state index in [1.165, 1.54) is 50.9 Å². The van der Waals surface area contributed by atoms with Crippen LogP contribution in [0.5, 0.6) is 11.5 Å². The fourth-order valence-electron chi connectivity index (χ4n) is 4.07. The maximum absolute atomic E-state index is 5.69. The third-order valence-electron chi connectivity index (χ3n) is 5.31. The lowest BCUT2D eigenvalue weighted by atomic mass is 9.88. The molecule has 1 N–H and O–H groups in total. The summed E-state index contributed by atoms with van der Waals surface area (Å²) in [7, 11) is 0. The molecule has 1 atom stereocenters. The highest BCUT2D eigenvalue weighted by Gasteiger charge is 2.28. The zero-order chi connectivity index (χ0) is 14.8. The number of fused-ring (bicyclic) bond motifs is 1. The zero-order valence-electron chi connectivity index (χ0n) is 13.6. The van der Waals surface area contributed by atoms with Crippen LogP contribution in [0.4, 0.5) is 0 Å². The number of benzene rings is 1. The summed E-state index contributed by atoms with van der Waals surface area (Å²) in [5.74, 6) is 2.69. The molecular formula is C18H27ClN2O2. The summed E-state index contributed by atoms with van der Waals surface area (Å²) in [6, 6.07) is 7.17. The molecule has 1 unspecified atom stereocenters. The first-order chi connectivity index (χ1) is 10.9. The van der Waals surface area contributed by atoms with Crippen LogP contribution in [0.15, 0.2) is 18.2 Å². The number of hydrogen-bond donors (Lipinski definition) is 1. The minimum atomic E-state index is 0. The maximum atomic E-state index is 5.69. The van der Waals surface area contributed by atoms with E-state index in [1.54, 1.807) is 0 Å². The van der Waals surface area contributed by atoms with Gasteiger partial charge in [-0.1, -0.05) is 6.07 Å². The normalized spacial score (nSPS) is 25.1. The Bertz CT molecular complexity index is 512. The van der Waals surface area contributed by atoms with Crippen molar-refractivity contribution >= 4 is 12.4 Å². The van der Waals surface area contributed by atoms with Crippen LogP contribution in [0.25, 0.3) is 0 Å². The Morgan fingerprint density at radius 3 is 2.57 bits per heavy atom. The van der Waals surface area contributed by atoms with Crippen LogP contribution in [0.1, 0.15) is 31.2 Å². The molecule has 0 amide bonds. The number of piperidine rings is 1. The van der Waals surface area contributed by atoms with Crippen molar-refractivity contribution in [1.82, 2.24) is 10.2 Å². The van der Waals surface area contributed by atoms with Crippen LogP contribution in [0.3, 0.4) is 0 Å². The number of rotatable bonds is 3. The second kappa shape index (κ2) is 7.73. The summed E-state index contributed by atoms with van der Waals surface area (Å²) in [6.07, 6.45) is 5.42. The van der Waals surface area contributed by atoms with Crippen molar-refractivity contribution in [2.24, 2.45) is 5.92 Å². The molecule has 0 bridgehead atoms. The van der Waals surface area contributed by atoms with Gasteiger partial charge in [0, 0.05) is 12.6 Å². The molecule has 1 aromatic carbocycles. The number of likely N-dealkylation sites (tertiary alicyclic amines) is 1. The average Bonchev–Trinajstić information content (AvgIpc) is 3.10. The van der Waals surface area contributed by atoms with E-state index < -0.39 is 0 Å². The van der Waals surface area contributed by atoms with Gasteiger partial charge in [0.1, 0.15) is 13.2 Å². The molecule has 0 saturated carbocycles. The Hall–Kier alpha value is -0.970. The summed E-state index contributed by atoms with van der Waals surface area (Å²) >= 11 is 0. The predicted octanol–water partition coefficient (Wildman–Crippen LogP) is 2.84. The van der Waals surface area contributed by atoms with Crippen LogP contribution < -0.4 is 14.8 Å². The minimum Gasteiger partial charge on any atom is -0.486 e. The number of halogens is 1. The van der Waals surface area contributed by atoms with Crippen molar-refractivity contribution < 1.29 is 9.47 Å². The van der Waals surface area contributed by atoms with E-state index in [-0.39, 0.29) is 12.4 Å². The van der Waals surface area contributed by atoms with Gasteiger partial charge >= 0.3 is 0 Å². The van der Waals surface area contributed by atoms with Crippen LogP contribution in [0.2, 0.25) is 0 Å². The number of nitrogens with one attached hydrogen (secondary N) is 1. The molecule has 5 heteroatoms. The Labute approximate surface area is 144 Å². The van der Waals surface area contributed by atoms with Gasteiger partial charge in [-0.3, -0.25) is 4.90 Å². The Morgan fingerprint density at radius 1 is 1.04 bits per heavy atom. The smallest absolute Gasteiger partial charge is 0.161 e. The molecule has 1 aromatic rings. The Morgan fingerprint density at radius 2 is 1.83 bits per heavy atom. The van der Waals surface area contributed by atoms with Gasteiger partial charge in [-0.05, 0) is 68.9 Å². The molecule has 3 heterocycles. The highest BCUT2D eigenvalue weighted by Crippen LogP contribution is 2.32. The van der Waals surface area contributed by atoms with E-state index >= 15 is 0 Å². The maximum Gasteiger partial charge on any atom is 0.161 e. The molecular weight excluding hydrogens is 312 g/mol. The van der Waals surface area contributed by atoms with Gasteiger partial charge in [-0.2, -0.15) is 0 Å². The largest absolute Gasteiger partial charge is 0.486 e. The lowest BCUT2D eigenvalue weighted by Gasteiger charge is -2.35. The van der Waals surface area contributed by atoms with Crippen molar-refractivity contribution in [1.29, 1.82) is 0 Å². The topological polar surface area (TPSA) is 33.7 Å². The molecule has 2 fully saturated rings. The van der Waals surface area contributed by atoms with Crippen LogP contribution in [-0.4, -0.2) is 43.8 Å². The van der Waals surface area contributed by atoms with Gasteiger partial charge in [0.05, 0.1) is 0 Å². The quantitative estimate of drug-likeness (QED) is 0.919. The molecule has 2 saturated heterocycles. The van der Waals surface area contributed by atoms with Crippen molar-refractivity contribution in [2.45, 2.75) is 38.3 Å². The van der Waals surface area contributed by atoms with Gasteiger partial charge < -0.3 is 14.8 Å². The van der Waals surface area contributed by atoms with Crippen molar-refractivity contribution in [3.63, 3.8) is 0 Å². The van der Waals surface area contributed by atoms with Crippen LogP contribution in [0, 0.1) is 5.92 Å². The first-order valence-electron chi connectivity index (χ1n) is 8.73. The van der Waals surface area contributed by atoms with Crippen molar-refractivity contribution in [3.05, 3.63) is 23.8 Å². The molecule has 0 aliphatic carbocycles. The molecule has 0 spiro atoms. The highest BCUT2D eigenvalue weighted by molar-refractivity contribution is 5.85. The van der Waals surface area contributed by atoms with Crippen molar-refractivity contribution in [3.8, 4) is 11.5 Å². The van der Waals surface area contributed by atoms with Gasteiger partial charge in [-0.25, -0.2) is 0 Å². The monoisotopic (exact) mass is 338 g/mol.